The fourth-order valence-corrected chi connectivity index (χ4v) is 2.15. The summed E-state index contributed by atoms with van der Waals surface area (Å²) in [6, 6.07) is 0.586. The summed E-state index contributed by atoms with van der Waals surface area (Å²) < 4.78 is 37.2. The number of hydrogen-bond donors (Lipinski definition) is 1. The van der Waals surface area contributed by atoms with E-state index >= 15 is 0 Å². The smallest absolute Gasteiger partial charge is 0.314 e. The predicted octanol–water partition coefficient (Wildman–Crippen LogP) is 3.18. The van der Waals surface area contributed by atoms with Crippen LogP contribution in [0.25, 0.3) is 0 Å². The number of nitrogens with zero attached hydrogens (tertiary/aromatic N) is 1. The number of nitrogens with one attached hydrogen (secondary N) is 1. The molecule has 1 atom stereocenters. The summed E-state index contributed by atoms with van der Waals surface area (Å²) in [7, 11) is 0. The first-order valence-electron chi connectivity index (χ1n) is 6.96. The molecule has 0 bridgehead atoms. The van der Waals surface area contributed by atoms with Crippen molar-refractivity contribution in [3.8, 4) is 0 Å². The van der Waals surface area contributed by atoms with E-state index in [1.807, 2.05) is 0 Å². The van der Waals surface area contributed by atoms with Gasteiger partial charge in [0.1, 0.15) is 0 Å². The van der Waals surface area contributed by atoms with E-state index in [1.165, 1.54) is 0 Å². The van der Waals surface area contributed by atoms with Crippen LogP contribution in [0, 0.1) is 0 Å². The second-order valence-electron chi connectivity index (χ2n) is 5.31. The molecule has 0 aromatic carbocycles. The highest BCUT2D eigenvalue weighted by Gasteiger charge is 2.37. The maximum absolute atomic E-state index is 12.4. The fraction of sp³-hybridized carbons (Fsp3) is 1.00. The monoisotopic (exact) mass is 266 g/mol. The maximum Gasteiger partial charge on any atom is 0.401 e. The van der Waals surface area contributed by atoms with Gasteiger partial charge in [0.05, 0.1) is 6.54 Å². The minimum Gasteiger partial charge on any atom is -0.314 e. The predicted molar refractivity (Wildman–Crippen MR) is 67.6 cm³/mol. The molecule has 0 amide bonds. The molecule has 0 aromatic rings. The summed E-state index contributed by atoms with van der Waals surface area (Å²) in [5, 5.41) is 3.36. The lowest BCUT2D eigenvalue weighted by molar-refractivity contribution is -0.147. The Kier molecular flexibility index (Phi) is 6.43. The molecule has 0 heterocycles. The highest BCUT2D eigenvalue weighted by atomic mass is 19.4. The molecule has 0 radical (unpaired) electrons. The van der Waals surface area contributed by atoms with Gasteiger partial charge in [-0.2, -0.15) is 13.2 Å². The van der Waals surface area contributed by atoms with E-state index in [-0.39, 0.29) is 6.04 Å². The summed E-state index contributed by atoms with van der Waals surface area (Å²) >= 11 is 0. The van der Waals surface area contributed by atoms with Crippen molar-refractivity contribution < 1.29 is 13.2 Å². The van der Waals surface area contributed by atoms with Crippen LogP contribution in [-0.2, 0) is 0 Å². The van der Waals surface area contributed by atoms with Crippen LogP contribution in [0.1, 0.15) is 46.0 Å². The minimum atomic E-state index is -4.06. The van der Waals surface area contributed by atoms with E-state index in [1.54, 1.807) is 4.90 Å². The Morgan fingerprint density at radius 1 is 1.33 bits per heavy atom. The Morgan fingerprint density at radius 3 is 2.50 bits per heavy atom. The first-order chi connectivity index (χ1) is 8.42. The molecular weight excluding hydrogens is 241 g/mol. The van der Waals surface area contributed by atoms with Crippen molar-refractivity contribution in [2.24, 2.45) is 0 Å². The molecule has 0 aliphatic heterocycles. The molecule has 1 saturated carbocycles. The van der Waals surface area contributed by atoms with Crippen LogP contribution in [0.15, 0.2) is 0 Å². The van der Waals surface area contributed by atoms with E-state index in [4.69, 9.17) is 0 Å². The van der Waals surface area contributed by atoms with Crippen LogP contribution >= 0.6 is 0 Å². The van der Waals surface area contributed by atoms with Gasteiger partial charge in [-0.25, -0.2) is 0 Å². The van der Waals surface area contributed by atoms with Crippen molar-refractivity contribution in [3.05, 3.63) is 0 Å². The van der Waals surface area contributed by atoms with Gasteiger partial charge < -0.3 is 5.32 Å². The van der Waals surface area contributed by atoms with Crippen LogP contribution in [0.3, 0.4) is 0 Å². The molecule has 1 aliphatic carbocycles. The molecule has 18 heavy (non-hydrogen) atoms. The lowest BCUT2D eigenvalue weighted by atomic mass is 10.1. The summed E-state index contributed by atoms with van der Waals surface area (Å²) in [6.45, 7) is 5.02. The van der Waals surface area contributed by atoms with Crippen LogP contribution < -0.4 is 5.32 Å². The summed E-state index contributed by atoms with van der Waals surface area (Å²) in [5.41, 5.74) is 0. The topological polar surface area (TPSA) is 15.3 Å². The third kappa shape index (κ3) is 7.21. The molecule has 0 spiro atoms. The number of halogens is 3. The van der Waals surface area contributed by atoms with Crippen molar-refractivity contribution in [2.45, 2.75) is 64.2 Å². The van der Waals surface area contributed by atoms with E-state index in [2.05, 4.69) is 19.2 Å². The maximum atomic E-state index is 12.4. The summed E-state index contributed by atoms with van der Waals surface area (Å²) in [5.74, 6) is 0. The van der Waals surface area contributed by atoms with Crippen molar-refractivity contribution in [1.29, 1.82) is 0 Å². The molecular formula is C13H25F3N2. The van der Waals surface area contributed by atoms with Crippen LogP contribution in [-0.4, -0.2) is 42.8 Å². The zero-order valence-corrected chi connectivity index (χ0v) is 11.4. The first kappa shape index (κ1) is 15.8. The summed E-state index contributed by atoms with van der Waals surface area (Å²) in [4.78, 5) is 1.60. The van der Waals surface area contributed by atoms with Gasteiger partial charge in [0.2, 0.25) is 0 Å². The van der Waals surface area contributed by atoms with E-state index < -0.39 is 12.7 Å². The van der Waals surface area contributed by atoms with Gasteiger partial charge in [-0.05, 0) is 52.1 Å². The normalized spacial score (nSPS) is 18.3. The molecule has 5 heteroatoms. The van der Waals surface area contributed by atoms with Crippen LogP contribution in [0.2, 0.25) is 0 Å². The Labute approximate surface area is 108 Å². The van der Waals surface area contributed by atoms with Gasteiger partial charge in [0, 0.05) is 12.1 Å². The van der Waals surface area contributed by atoms with Crippen molar-refractivity contribution >= 4 is 0 Å². The second-order valence-corrected chi connectivity index (χ2v) is 5.31. The lowest BCUT2D eigenvalue weighted by Gasteiger charge is -2.24. The zero-order chi connectivity index (χ0) is 13.6. The summed E-state index contributed by atoms with van der Waals surface area (Å²) in [6.07, 6.45) is 0.673. The molecule has 0 aromatic heterocycles. The second kappa shape index (κ2) is 7.34. The molecule has 108 valence electrons. The van der Waals surface area contributed by atoms with Crippen molar-refractivity contribution in [1.82, 2.24) is 10.2 Å². The van der Waals surface area contributed by atoms with Crippen LogP contribution in [0.4, 0.5) is 13.2 Å². The van der Waals surface area contributed by atoms with Gasteiger partial charge in [0.15, 0.2) is 0 Å². The molecule has 1 rings (SSSR count). The highest BCUT2D eigenvalue weighted by molar-refractivity contribution is 4.85. The zero-order valence-electron chi connectivity index (χ0n) is 11.4. The lowest BCUT2D eigenvalue weighted by Crippen LogP contribution is -2.37. The molecule has 1 aliphatic rings. The van der Waals surface area contributed by atoms with Crippen molar-refractivity contribution in [2.75, 3.05) is 19.6 Å². The molecule has 1 N–H and O–H groups in total. The van der Waals surface area contributed by atoms with E-state index in [0.717, 1.165) is 38.6 Å². The van der Waals surface area contributed by atoms with Gasteiger partial charge in [-0.1, -0.05) is 6.92 Å². The Hall–Kier alpha value is -0.290. The molecule has 1 unspecified atom stereocenters. The first-order valence-corrected chi connectivity index (χ1v) is 6.96. The minimum absolute atomic E-state index is 0.186. The average molecular weight is 266 g/mol. The quantitative estimate of drug-likeness (QED) is 0.689. The highest BCUT2D eigenvalue weighted by Crippen LogP contribution is 2.30. The number of hydrogen-bond acceptors (Lipinski definition) is 2. The number of alkyl halides is 3. The van der Waals surface area contributed by atoms with Crippen molar-refractivity contribution in [3.63, 3.8) is 0 Å². The Balaban J connectivity index is 2.17. The fourth-order valence-electron chi connectivity index (χ4n) is 2.15. The Morgan fingerprint density at radius 2 is 2.00 bits per heavy atom. The Bertz CT molecular complexity index is 227. The SMILES string of the molecule is CCCNC(C)CCCN(CC(F)(F)F)C1CC1. The van der Waals surface area contributed by atoms with Gasteiger partial charge in [-0.15, -0.1) is 0 Å². The largest absolute Gasteiger partial charge is 0.401 e. The standard InChI is InChI=1S/C13H25F3N2/c1-3-8-17-11(2)5-4-9-18(12-6-7-12)10-13(14,15)16/h11-12,17H,3-10H2,1-2H3. The van der Waals surface area contributed by atoms with E-state index in [9.17, 15) is 13.2 Å². The average Bonchev–Trinajstić information content (AvgIpc) is 3.07. The van der Waals surface area contributed by atoms with Gasteiger partial charge in [0.25, 0.3) is 0 Å². The number of rotatable bonds is 9. The van der Waals surface area contributed by atoms with E-state index in [0.29, 0.717) is 12.6 Å². The van der Waals surface area contributed by atoms with Crippen LogP contribution in [0.5, 0.6) is 0 Å². The van der Waals surface area contributed by atoms with Gasteiger partial charge in [-0.3, -0.25) is 4.90 Å². The third-order valence-corrected chi connectivity index (χ3v) is 3.27. The van der Waals surface area contributed by atoms with Gasteiger partial charge >= 0.3 is 6.18 Å². The molecule has 0 saturated heterocycles. The molecule has 2 nitrogen and oxygen atoms in total. The molecule has 1 fully saturated rings. The third-order valence-electron chi connectivity index (χ3n) is 3.27.